The standard InChI is InChI=1S/2C2H8O7P2.4Na/c2*1-2(3,8-10(4)5)9-11(6)7;;;;/h2*3,10-11H,1H3,(H,4,5)(H,6,7);;;;/q;;4*+1/p-4. The molecule has 2 N–H and O–H groups in total. The van der Waals surface area contributed by atoms with E-state index in [9.17, 15) is 37.8 Å². The molecule has 0 fully saturated rings. The van der Waals surface area contributed by atoms with Gasteiger partial charge in [-0.05, 0) is 0 Å². The molecule has 0 spiro atoms. The summed E-state index contributed by atoms with van der Waals surface area (Å²) in [5, 5.41) is 17.3. The van der Waals surface area contributed by atoms with Gasteiger partial charge in [0.2, 0.25) is 0 Å². The topological polar surface area (TPSA) is 238 Å². The van der Waals surface area contributed by atoms with E-state index in [0.29, 0.717) is 0 Å². The van der Waals surface area contributed by atoms with Crippen molar-refractivity contribution >= 4 is 33.0 Å². The van der Waals surface area contributed by atoms with Crippen molar-refractivity contribution in [2.75, 3.05) is 0 Å². The van der Waals surface area contributed by atoms with Crippen LogP contribution < -0.4 is 138 Å². The van der Waals surface area contributed by atoms with Crippen molar-refractivity contribution in [1.82, 2.24) is 0 Å². The van der Waals surface area contributed by atoms with Crippen LogP contribution in [-0.4, -0.2) is 22.2 Å². The second kappa shape index (κ2) is 22.7. The predicted molar refractivity (Wildman–Crippen MR) is 61.6 cm³/mol. The number of rotatable bonds is 8. The third-order valence-corrected chi connectivity index (χ3v) is 3.27. The minimum Gasteiger partial charge on any atom is -0.781 e. The Morgan fingerprint density at radius 1 is 0.577 bits per heavy atom. The third-order valence-electron chi connectivity index (χ3n) is 1.09. The van der Waals surface area contributed by atoms with Crippen LogP contribution in [0.3, 0.4) is 0 Å². The molecule has 0 radical (unpaired) electrons. The Hall–Kier alpha value is 4.52. The van der Waals surface area contributed by atoms with E-state index in [1.54, 1.807) is 0 Å². The van der Waals surface area contributed by atoms with Crippen molar-refractivity contribution in [1.29, 1.82) is 0 Å². The third kappa shape index (κ3) is 35.9. The van der Waals surface area contributed by atoms with E-state index in [2.05, 4.69) is 18.1 Å². The molecule has 0 heterocycles. The van der Waals surface area contributed by atoms with Gasteiger partial charge in [0.1, 0.15) is 33.0 Å². The minimum atomic E-state index is -3.67. The number of aliphatic hydroxyl groups is 2. The van der Waals surface area contributed by atoms with Crippen molar-refractivity contribution in [3.63, 3.8) is 0 Å². The van der Waals surface area contributed by atoms with Crippen molar-refractivity contribution in [2.24, 2.45) is 0 Å². The van der Waals surface area contributed by atoms with Crippen LogP contribution in [0.2, 0.25) is 0 Å². The molecule has 0 aromatic carbocycles. The Labute approximate surface area is 239 Å². The summed E-state index contributed by atoms with van der Waals surface area (Å²) in [4.78, 5) is 39.3. The molecule has 0 aliphatic rings. The van der Waals surface area contributed by atoms with Gasteiger partial charge in [-0.2, -0.15) is 0 Å². The molecule has 0 saturated heterocycles. The Morgan fingerprint density at radius 2 is 0.692 bits per heavy atom. The summed E-state index contributed by atoms with van der Waals surface area (Å²) in [5.74, 6) is -5.23. The van der Waals surface area contributed by atoms with Gasteiger partial charge in [-0.1, -0.05) is 0 Å². The summed E-state index contributed by atoms with van der Waals surface area (Å²) in [7, 11) is -14.7. The average Bonchev–Trinajstić information content (AvgIpc) is 2.06. The van der Waals surface area contributed by atoms with Gasteiger partial charge in [0.25, 0.3) is 11.9 Å². The van der Waals surface area contributed by atoms with Crippen LogP contribution in [0, 0.1) is 0 Å². The van der Waals surface area contributed by atoms with Gasteiger partial charge < -0.3 is 48.0 Å². The predicted octanol–water partition coefficient (Wildman–Crippen LogP) is -15.6. The zero-order chi connectivity index (χ0) is 18.1. The Kier molecular flexibility index (Phi) is 38.6. The molecule has 4 unspecified atom stereocenters. The normalized spacial score (nSPS) is 18.8. The monoisotopic (exact) mass is 500 g/mol. The van der Waals surface area contributed by atoms with Crippen molar-refractivity contribution in [3.8, 4) is 0 Å². The first kappa shape index (κ1) is 44.2. The molecule has 0 amide bonds. The smallest absolute Gasteiger partial charge is 0.781 e. The first-order chi connectivity index (χ1) is 9.67. The van der Waals surface area contributed by atoms with E-state index < -0.39 is 45.0 Å². The minimum absolute atomic E-state index is 0. The maximum absolute atomic E-state index is 9.82. The number of hydrogen-bond acceptors (Lipinski definition) is 14. The van der Waals surface area contributed by atoms with Gasteiger partial charge in [0.15, 0.2) is 0 Å². The molecule has 0 saturated carbocycles. The van der Waals surface area contributed by atoms with Gasteiger partial charge in [0, 0.05) is 13.8 Å². The molecule has 14 nitrogen and oxygen atoms in total. The fourth-order valence-corrected chi connectivity index (χ4v) is 2.23. The van der Waals surface area contributed by atoms with Gasteiger partial charge in [-0.15, -0.1) is 0 Å². The zero-order valence-electron chi connectivity index (χ0n) is 14.8. The Balaban J connectivity index is -0.0000000667. The van der Waals surface area contributed by atoms with Crippen LogP contribution in [0.4, 0.5) is 0 Å². The quantitative estimate of drug-likeness (QED) is 0.179. The molecule has 0 bridgehead atoms. The van der Waals surface area contributed by atoms with Gasteiger partial charge in [-0.25, -0.2) is 0 Å². The summed E-state index contributed by atoms with van der Waals surface area (Å²) in [6.45, 7) is 1.49. The van der Waals surface area contributed by atoms with Crippen molar-refractivity contribution in [2.45, 2.75) is 25.8 Å². The van der Waals surface area contributed by atoms with E-state index in [4.69, 9.17) is 10.2 Å². The first-order valence-electron chi connectivity index (χ1n) is 4.71. The molecule has 26 heavy (non-hydrogen) atoms. The SMILES string of the molecule is CC(O)(O[PH](=O)[O-])O[PH](=O)[O-].CC(O)(O[PH](=O)[O-])O[PH](=O)[O-].[Na+].[Na+].[Na+].[Na+]. The molecular weight excluding hydrogens is 488 g/mol. The summed E-state index contributed by atoms with van der Waals surface area (Å²) < 4.78 is 54.1. The largest absolute Gasteiger partial charge is 1.00 e. The Bertz CT molecular complexity index is 371. The van der Waals surface area contributed by atoms with E-state index in [1.165, 1.54) is 0 Å². The maximum Gasteiger partial charge on any atom is 1.00 e. The van der Waals surface area contributed by atoms with Crippen LogP contribution in [0.25, 0.3) is 0 Å². The molecule has 0 aromatic rings. The van der Waals surface area contributed by atoms with Crippen LogP contribution in [-0.2, 0) is 36.4 Å². The first-order valence-corrected chi connectivity index (χ1v) is 9.61. The van der Waals surface area contributed by atoms with E-state index in [-0.39, 0.29) is 118 Å². The molecule has 22 heteroatoms. The Morgan fingerprint density at radius 3 is 0.769 bits per heavy atom. The van der Waals surface area contributed by atoms with Crippen molar-refractivity contribution in [3.05, 3.63) is 0 Å². The van der Waals surface area contributed by atoms with Gasteiger partial charge >= 0.3 is 118 Å². The fraction of sp³-hybridized carbons (Fsp3) is 1.00. The maximum atomic E-state index is 9.82. The van der Waals surface area contributed by atoms with E-state index >= 15 is 0 Å². The number of hydrogen-bond donors (Lipinski definition) is 2. The molecule has 0 aromatic heterocycles. The molecule has 4 atom stereocenters. The second-order valence-electron chi connectivity index (χ2n) is 3.20. The van der Waals surface area contributed by atoms with Crippen LogP contribution >= 0.6 is 33.0 Å². The van der Waals surface area contributed by atoms with E-state index in [1.807, 2.05) is 0 Å². The summed E-state index contributed by atoms with van der Waals surface area (Å²) in [6.07, 6.45) is 0. The zero-order valence-corrected chi connectivity index (χ0v) is 26.8. The van der Waals surface area contributed by atoms with E-state index in [0.717, 1.165) is 13.8 Å². The molecule has 0 aliphatic carbocycles. The molecular formula is C4H12Na4O14P4. The van der Waals surface area contributed by atoms with Gasteiger partial charge in [-0.3, -0.25) is 18.1 Å². The van der Waals surface area contributed by atoms with Crippen LogP contribution in [0.15, 0.2) is 0 Å². The molecule has 0 rings (SSSR count). The summed E-state index contributed by atoms with van der Waals surface area (Å²) >= 11 is 0. The fourth-order valence-electron chi connectivity index (χ4n) is 0.660. The second-order valence-corrected chi connectivity index (χ2v) is 6.02. The average molecular weight is 500 g/mol. The molecule has 136 valence electrons. The van der Waals surface area contributed by atoms with Crippen molar-refractivity contribution < 1.29 is 184 Å². The van der Waals surface area contributed by atoms with Crippen LogP contribution in [0.1, 0.15) is 13.8 Å². The van der Waals surface area contributed by atoms with Crippen LogP contribution in [0.5, 0.6) is 0 Å². The summed E-state index contributed by atoms with van der Waals surface area (Å²) in [6, 6.07) is 0. The van der Waals surface area contributed by atoms with Gasteiger partial charge in [0.05, 0.1) is 0 Å². The molecule has 0 aliphatic heterocycles. The summed E-state index contributed by atoms with van der Waals surface area (Å²) in [5.41, 5.74) is 0.